The van der Waals surface area contributed by atoms with Gasteiger partial charge in [0, 0.05) is 6.07 Å². The molecule has 1 rings (SSSR count). The van der Waals surface area contributed by atoms with Crippen molar-refractivity contribution < 1.29 is 4.74 Å². The SMILES string of the molecule is COc1cc(CCl)nc(Cl)n1. The van der Waals surface area contributed by atoms with E-state index in [0.29, 0.717) is 17.5 Å². The molecular formula is C6H6Cl2N2O. The predicted octanol–water partition coefficient (Wildman–Crippen LogP) is 1.88. The molecule has 0 aliphatic heterocycles. The Kier molecular flexibility index (Phi) is 2.91. The molecule has 0 saturated heterocycles. The van der Waals surface area contributed by atoms with E-state index in [1.807, 2.05) is 0 Å². The number of hydrogen-bond donors (Lipinski definition) is 0. The number of halogens is 2. The van der Waals surface area contributed by atoms with Gasteiger partial charge >= 0.3 is 0 Å². The van der Waals surface area contributed by atoms with Crippen LogP contribution in [0.15, 0.2) is 6.07 Å². The molecule has 0 aliphatic carbocycles. The summed E-state index contributed by atoms with van der Waals surface area (Å²) in [6.45, 7) is 0. The lowest BCUT2D eigenvalue weighted by atomic mass is 10.4. The van der Waals surface area contributed by atoms with Gasteiger partial charge in [-0.2, -0.15) is 4.98 Å². The summed E-state index contributed by atoms with van der Waals surface area (Å²) in [4.78, 5) is 7.62. The molecule has 0 spiro atoms. The van der Waals surface area contributed by atoms with Crippen LogP contribution in [0.4, 0.5) is 0 Å². The first-order valence-electron chi connectivity index (χ1n) is 2.89. The van der Waals surface area contributed by atoms with Gasteiger partial charge in [-0.25, -0.2) is 4.98 Å². The minimum absolute atomic E-state index is 0.153. The van der Waals surface area contributed by atoms with E-state index in [-0.39, 0.29) is 5.28 Å². The lowest BCUT2D eigenvalue weighted by molar-refractivity contribution is 0.396. The number of alkyl halides is 1. The maximum Gasteiger partial charge on any atom is 0.225 e. The molecule has 0 atom stereocenters. The molecule has 60 valence electrons. The molecule has 1 aromatic rings. The summed E-state index contributed by atoms with van der Waals surface area (Å²) < 4.78 is 4.84. The third-order valence-corrected chi connectivity index (χ3v) is 1.52. The van der Waals surface area contributed by atoms with Gasteiger partial charge in [0.2, 0.25) is 11.2 Å². The molecule has 0 unspecified atom stereocenters. The van der Waals surface area contributed by atoms with Crippen molar-refractivity contribution in [2.75, 3.05) is 7.11 Å². The molecule has 0 fully saturated rings. The van der Waals surface area contributed by atoms with Crippen LogP contribution in [0.3, 0.4) is 0 Å². The molecule has 0 saturated carbocycles. The molecule has 0 amide bonds. The minimum atomic E-state index is 0.153. The van der Waals surface area contributed by atoms with Gasteiger partial charge in [-0.3, -0.25) is 0 Å². The number of methoxy groups -OCH3 is 1. The molecule has 0 aliphatic rings. The molecule has 0 bridgehead atoms. The summed E-state index contributed by atoms with van der Waals surface area (Å²) in [6, 6.07) is 1.64. The third kappa shape index (κ3) is 2.20. The molecular weight excluding hydrogens is 187 g/mol. The van der Waals surface area contributed by atoms with Gasteiger partial charge in [0.25, 0.3) is 0 Å². The van der Waals surface area contributed by atoms with E-state index < -0.39 is 0 Å². The number of rotatable bonds is 2. The van der Waals surface area contributed by atoms with Gasteiger partial charge in [-0.05, 0) is 11.6 Å². The fraction of sp³-hybridized carbons (Fsp3) is 0.333. The van der Waals surface area contributed by atoms with Crippen LogP contribution in [0, 0.1) is 0 Å². The van der Waals surface area contributed by atoms with E-state index in [9.17, 15) is 0 Å². The van der Waals surface area contributed by atoms with Crippen molar-refractivity contribution in [3.63, 3.8) is 0 Å². The van der Waals surface area contributed by atoms with Gasteiger partial charge in [0.1, 0.15) is 0 Å². The lowest BCUT2D eigenvalue weighted by Gasteiger charge is -1.99. The van der Waals surface area contributed by atoms with Crippen LogP contribution in [0.2, 0.25) is 5.28 Å². The van der Waals surface area contributed by atoms with E-state index in [2.05, 4.69) is 9.97 Å². The van der Waals surface area contributed by atoms with Crippen molar-refractivity contribution in [3.05, 3.63) is 17.0 Å². The highest BCUT2D eigenvalue weighted by atomic mass is 35.5. The van der Waals surface area contributed by atoms with Crippen molar-refractivity contribution in [3.8, 4) is 5.88 Å². The zero-order chi connectivity index (χ0) is 8.27. The van der Waals surface area contributed by atoms with Gasteiger partial charge in [-0.1, -0.05) is 0 Å². The zero-order valence-corrected chi connectivity index (χ0v) is 7.35. The molecule has 0 aromatic carbocycles. The summed E-state index contributed by atoms with van der Waals surface area (Å²) >= 11 is 11.1. The van der Waals surface area contributed by atoms with Crippen LogP contribution in [0.1, 0.15) is 5.69 Å². The highest BCUT2D eigenvalue weighted by Crippen LogP contribution is 2.13. The van der Waals surface area contributed by atoms with E-state index in [4.69, 9.17) is 27.9 Å². The van der Waals surface area contributed by atoms with Gasteiger partial charge in [0.15, 0.2) is 0 Å². The molecule has 0 N–H and O–H groups in total. The van der Waals surface area contributed by atoms with Crippen molar-refractivity contribution >= 4 is 23.2 Å². The number of ether oxygens (including phenoxy) is 1. The lowest BCUT2D eigenvalue weighted by Crippen LogP contribution is -1.93. The third-order valence-electron chi connectivity index (χ3n) is 1.07. The molecule has 1 aromatic heterocycles. The standard InChI is InChI=1S/C6H6Cl2N2O/c1-11-5-2-4(3-7)9-6(8)10-5/h2H,3H2,1H3. The van der Waals surface area contributed by atoms with E-state index in [1.54, 1.807) is 6.07 Å². The monoisotopic (exact) mass is 192 g/mol. The van der Waals surface area contributed by atoms with Crippen LogP contribution >= 0.6 is 23.2 Å². The quantitative estimate of drug-likeness (QED) is 0.531. The number of nitrogens with zero attached hydrogens (tertiary/aromatic N) is 2. The normalized spacial score (nSPS) is 9.73. The maximum absolute atomic E-state index is 5.55. The minimum Gasteiger partial charge on any atom is -0.481 e. The second kappa shape index (κ2) is 3.74. The first-order chi connectivity index (χ1) is 5.26. The van der Waals surface area contributed by atoms with Gasteiger partial charge in [0.05, 0.1) is 18.7 Å². The van der Waals surface area contributed by atoms with Gasteiger partial charge in [-0.15, -0.1) is 11.6 Å². The zero-order valence-electron chi connectivity index (χ0n) is 5.84. The molecule has 11 heavy (non-hydrogen) atoms. The van der Waals surface area contributed by atoms with E-state index in [0.717, 1.165) is 0 Å². The average molecular weight is 193 g/mol. The molecule has 3 nitrogen and oxygen atoms in total. The Bertz CT molecular complexity index is 232. The molecule has 5 heteroatoms. The Morgan fingerprint density at radius 3 is 2.82 bits per heavy atom. The van der Waals surface area contributed by atoms with E-state index >= 15 is 0 Å². The fourth-order valence-electron chi connectivity index (χ4n) is 0.615. The summed E-state index contributed by atoms with van der Waals surface area (Å²) in [5.74, 6) is 0.735. The summed E-state index contributed by atoms with van der Waals surface area (Å²) in [5.41, 5.74) is 0.656. The molecule has 0 radical (unpaired) electrons. The van der Waals surface area contributed by atoms with Crippen molar-refractivity contribution in [2.24, 2.45) is 0 Å². The number of aromatic nitrogens is 2. The van der Waals surface area contributed by atoms with Crippen LogP contribution in [-0.4, -0.2) is 17.1 Å². The highest BCUT2D eigenvalue weighted by Gasteiger charge is 2.00. The largest absolute Gasteiger partial charge is 0.481 e. The van der Waals surface area contributed by atoms with Crippen molar-refractivity contribution in [1.82, 2.24) is 9.97 Å². The summed E-state index contributed by atoms with van der Waals surface area (Å²) in [5, 5.41) is 0.153. The Hall–Kier alpha value is -0.540. The fourth-order valence-corrected chi connectivity index (χ4v) is 0.943. The second-order valence-corrected chi connectivity index (χ2v) is 2.41. The Morgan fingerprint density at radius 2 is 2.27 bits per heavy atom. The van der Waals surface area contributed by atoms with Crippen molar-refractivity contribution in [2.45, 2.75) is 5.88 Å². The van der Waals surface area contributed by atoms with Crippen LogP contribution in [0.25, 0.3) is 0 Å². The Labute approximate surface area is 74.3 Å². The van der Waals surface area contributed by atoms with E-state index in [1.165, 1.54) is 7.11 Å². The summed E-state index contributed by atoms with van der Waals surface area (Å²) in [6.07, 6.45) is 0. The summed E-state index contributed by atoms with van der Waals surface area (Å²) in [7, 11) is 1.51. The first kappa shape index (κ1) is 8.56. The highest BCUT2D eigenvalue weighted by molar-refractivity contribution is 6.28. The topological polar surface area (TPSA) is 35.0 Å². The smallest absolute Gasteiger partial charge is 0.225 e. The van der Waals surface area contributed by atoms with Gasteiger partial charge < -0.3 is 4.74 Å². The predicted molar refractivity (Wildman–Crippen MR) is 43.2 cm³/mol. The van der Waals surface area contributed by atoms with Crippen LogP contribution in [-0.2, 0) is 5.88 Å². The number of hydrogen-bond acceptors (Lipinski definition) is 3. The Balaban J connectivity index is 3.02. The van der Waals surface area contributed by atoms with Crippen molar-refractivity contribution in [1.29, 1.82) is 0 Å². The maximum atomic E-state index is 5.55. The van der Waals surface area contributed by atoms with Crippen LogP contribution in [0.5, 0.6) is 5.88 Å². The molecule has 1 heterocycles. The Morgan fingerprint density at radius 1 is 1.55 bits per heavy atom. The average Bonchev–Trinajstić information content (AvgIpc) is 2.03. The van der Waals surface area contributed by atoms with Crippen LogP contribution < -0.4 is 4.74 Å². The second-order valence-electron chi connectivity index (χ2n) is 1.80. The first-order valence-corrected chi connectivity index (χ1v) is 3.81.